The van der Waals surface area contributed by atoms with E-state index < -0.39 is 0 Å². The van der Waals surface area contributed by atoms with Crippen molar-refractivity contribution in [3.8, 4) is 0 Å². The molecule has 0 bridgehead atoms. The average molecular weight is 262 g/mol. The van der Waals surface area contributed by atoms with Gasteiger partial charge in [-0.3, -0.25) is 0 Å². The van der Waals surface area contributed by atoms with Gasteiger partial charge >= 0.3 is 0 Å². The maximum atomic E-state index is 5.67. The van der Waals surface area contributed by atoms with Gasteiger partial charge in [-0.05, 0) is 31.7 Å². The van der Waals surface area contributed by atoms with E-state index in [2.05, 4.69) is 37.3 Å². The summed E-state index contributed by atoms with van der Waals surface area (Å²) in [5.41, 5.74) is 1.60. The van der Waals surface area contributed by atoms with Crippen LogP contribution in [0, 0.1) is 0 Å². The zero-order valence-corrected chi connectivity index (χ0v) is 12.1. The molecule has 1 aromatic carbocycles. The van der Waals surface area contributed by atoms with E-state index in [-0.39, 0.29) is 5.60 Å². The number of hydrogen-bond donors (Lipinski definition) is 0. The van der Waals surface area contributed by atoms with Crippen LogP contribution in [-0.4, -0.2) is 25.4 Å². The van der Waals surface area contributed by atoms with E-state index in [1.54, 1.807) is 0 Å². The fourth-order valence-corrected chi connectivity index (χ4v) is 2.26. The number of benzene rings is 1. The van der Waals surface area contributed by atoms with Crippen LogP contribution in [0.3, 0.4) is 0 Å². The van der Waals surface area contributed by atoms with Crippen LogP contribution in [0.25, 0.3) is 0 Å². The van der Waals surface area contributed by atoms with Gasteiger partial charge in [0.05, 0.1) is 18.8 Å². The molecule has 1 aliphatic rings. The monoisotopic (exact) mass is 262 g/mol. The van der Waals surface area contributed by atoms with E-state index in [0.717, 1.165) is 26.2 Å². The van der Waals surface area contributed by atoms with E-state index in [1.165, 1.54) is 37.7 Å². The van der Waals surface area contributed by atoms with Gasteiger partial charge in [0.1, 0.15) is 0 Å². The van der Waals surface area contributed by atoms with Crippen molar-refractivity contribution in [3.05, 3.63) is 35.9 Å². The molecule has 0 aliphatic carbocycles. The van der Waals surface area contributed by atoms with Crippen molar-refractivity contribution < 1.29 is 9.47 Å². The largest absolute Gasteiger partial charge is 0.381 e. The quantitative estimate of drug-likeness (QED) is 0.470. The van der Waals surface area contributed by atoms with Gasteiger partial charge in [-0.15, -0.1) is 0 Å². The third-order valence-electron chi connectivity index (χ3n) is 3.76. The molecule has 1 unspecified atom stereocenters. The van der Waals surface area contributed by atoms with E-state index >= 15 is 0 Å². The second kappa shape index (κ2) is 7.66. The van der Waals surface area contributed by atoms with Crippen LogP contribution in [0.2, 0.25) is 0 Å². The Morgan fingerprint density at radius 1 is 1.05 bits per heavy atom. The molecule has 0 aromatic heterocycles. The minimum Gasteiger partial charge on any atom is -0.381 e. The number of rotatable bonds is 10. The lowest BCUT2D eigenvalue weighted by Gasteiger charge is -2.06. The first-order valence-corrected chi connectivity index (χ1v) is 7.54. The summed E-state index contributed by atoms with van der Waals surface area (Å²) >= 11 is 0. The van der Waals surface area contributed by atoms with Gasteiger partial charge < -0.3 is 9.47 Å². The van der Waals surface area contributed by atoms with Gasteiger partial charge in [0.25, 0.3) is 0 Å². The summed E-state index contributed by atoms with van der Waals surface area (Å²) in [4.78, 5) is 0. The summed E-state index contributed by atoms with van der Waals surface area (Å²) in [6, 6.07) is 10.5. The minimum absolute atomic E-state index is 0.242. The maximum Gasteiger partial charge on any atom is 0.0888 e. The van der Waals surface area contributed by atoms with Crippen molar-refractivity contribution in [2.24, 2.45) is 0 Å². The fraction of sp³-hybridized carbons (Fsp3) is 0.647. The highest BCUT2D eigenvalue weighted by atomic mass is 16.6. The maximum absolute atomic E-state index is 5.67. The van der Waals surface area contributed by atoms with E-state index in [1.807, 2.05) is 0 Å². The zero-order chi connectivity index (χ0) is 13.4. The van der Waals surface area contributed by atoms with Crippen molar-refractivity contribution in [1.29, 1.82) is 0 Å². The van der Waals surface area contributed by atoms with Crippen LogP contribution in [0.15, 0.2) is 30.3 Å². The van der Waals surface area contributed by atoms with Crippen LogP contribution in [0.4, 0.5) is 0 Å². The topological polar surface area (TPSA) is 21.8 Å². The van der Waals surface area contributed by atoms with Gasteiger partial charge in [0.15, 0.2) is 0 Å². The molecular weight excluding hydrogens is 236 g/mol. The molecule has 0 saturated carbocycles. The van der Waals surface area contributed by atoms with Crippen molar-refractivity contribution in [1.82, 2.24) is 0 Å². The van der Waals surface area contributed by atoms with Gasteiger partial charge in [0.2, 0.25) is 0 Å². The van der Waals surface area contributed by atoms with Gasteiger partial charge in [0, 0.05) is 6.61 Å². The Hall–Kier alpha value is -0.860. The summed E-state index contributed by atoms with van der Waals surface area (Å²) in [5.74, 6) is 0. The second-order valence-corrected chi connectivity index (χ2v) is 5.75. The second-order valence-electron chi connectivity index (χ2n) is 5.75. The molecule has 1 atom stereocenters. The van der Waals surface area contributed by atoms with Crippen molar-refractivity contribution in [2.75, 3.05) is 19.8 Å². The highest BCUT2D eigenvalue weighted by molar-refractivity contribution is 5.14. The lowest BCUT2D eigenvalue weighted by atomic mass is 10.0. The molecule has 0 spiro atoms. The molecule has 2 rings (SSSR count). The van der Waals surface area contributed by atoms with Crippen LogP contribution < -0.4 is 0 Å². The number of unbranched alkanes of at least 4 members (excludes halogenated alkanes) is 3. The Morgan fingerprint density at radius 3 is 2.53 bits per heavy atom. The Kier molecular flexibility index (Phi) is 5.87. The average Bonchev–Trinajstić information content (AvgIpc) is 3.16. The molecule has 2 nitrogen and oxygen atoms in total. The minimum atomic E-state index is 0.242. The first kappa shape index (κ1) is 14.5. The predicted octanol–water partition coefficient (Wildman–Crippen LogP) is 3.99. The Labute approximate surface area is 117 Å². The molecule has 1 aromatic rings. The molecule has 0 amide bonds. The fourth-order valence-electron chi connectivity index (χ4n) is 2.26. The van der Waals surface area contributed by atoms with Crippen LogP contribution in [-0.2, 0) is 15.9 Å². The predicted molar refractivity (Wildman–Crippen MR) is 78.4 cm³/mol. The normalized spacial score (nSPS) is 21.5. The lowest BCUT2D eigenvalue weighted by molar-refractivity contribution is 0.132. The van der Waals surface area contributed by atoms with Gasteiger partial charge in [-0.1, -0.05) is 49.6 Å². The summed E-state index contributed by atoms with van der Waals surface area (Å²) in [6.45, 7) is 4.92. The van der Waals surface area contributed by atoms with Crippen molar-refractivity contribution in [3.63, 3.8) is 0 Å². The standard InChI is InChI=1S/C17H26O2/c1-17(15-19-17)12-7-2-3-8-13-18-14-11-16-9-5-4-6-10-16/h4-6,9-10H,2-3,7-8,11-15H2,1H3. The molecule has 1 saturated heterocycles. The molecule has 1 heterocycles. The number of epoxide rings is 1. The van der Waals surface area contributed by atoms with E-state index in [9.17, 15) is 0 Å². The number of ether oxygens (including phenoxy) is 2. The number of hydrogen-bond acceptors (Lipinski definition) is 2. The van der Waals surface area contributed by atoms with Crippen LogP contribution in [0.5, 0.6) is 0 Å². The van der Waals surface area contributed by atoms with E-state index in [0.29, 0.717) is 0 Å². The third-order valence-corrected chi connectivity index (χ3v) is 3.76. The SMILES string of the molecule is CC1(CCCCCCOCCc2ccccc2)CO1. The summed E-state index contributed by atoms with van der Waals surface area (Å²) in [5, 5.41) is 0. The Morgan fingerprint density at radius 2 is 1.79 bits per heavy atom. The summed E-state index contributed by atoms with van der Waals surface area (Å²) in [6.07, 6.45) is 7.31. The molecule has 19 heavy (non-hydrogen) atoms. The molecule has 0 radical (unpaired) electrons. The smallest absolute Gasteiger partial charge is 0.0888 e. The zero-order valence-electron chi connectivity index (χ0n) is 12.1. The molecule has 2 heteroatoms. The Bertz CT molecular complexity index is 344. The third kappa shape index (κ3) is 6.22. The molecule has 1 fully saturated rings. The molecule has 106 valence electrons. The van der Waals surface area contributed by atoms with Crippen molar-refractivity contribution in [2.45, 2.75) is 51.0 Å². The summed E-state index contributed by atoms with van der Waals surface area (Å²) in [7, 11) is 0. The lowest BCUT2D eigenvalue weighted by Crippen LogP contribution is -2.03. The van der Waals surface area contributed by atoms with Crippen LogP contribution >= 0.6 is 0 Å². The summed E-state index contributed by atoms with van der Waals surface area (Å²) < 4.78 is 11.0. The molecular formula is C17H26O2. The van der Waals surface area contributed by atoms with Gasteiger partial charge in [-0.25, -0.2) is 0 Å². The van der Waals surface area contributed by atoms with Crippen LogP contribution in [0.1, 0.15) is 44.6 Å². The van der Waals surface area contributed by atoms with Gasteiger partial charge in [-0.2, -0.15) is 0 Å². The highest BCUT2D eigenvalue weighted by Crippen LogP contribution is 2.31. The van der Waals surface area contributed by atoms with E-state index in [4.69, 9.17) is 9.47 Å². The highest BCUT2D eigenvalue weighted by Gasteiger charge is 2.37. The Balaban J connectivity index is 1.36. The van der Waals surface area contributed by atoms with Crippen molar-refractivity contribution >= 4 is 0 Å². The molecule has 0 N–H and O–H groups in total. The first-order chi connectivity index (χ1) is 9.29. The molecule has 1 aliphatic heterocycles. The first-order valence-electron chi connectivity index (χ1n) is 7.54.